The number of hydrogen-bond acceptors (Lipinski definition) is 4. The molecular formula is C19H18IN3O2S. The Morgan fingerprint density at radius 3 is 2.54 bits per heavy atom. The van der Waals surface area contributed by atoms with Crippen LogP contribution in [0.15, 0.2) is 59.6 Å². The second kappa shape index (κ2) is 8.68. The quantitative estimate of drug-likeness (QED) is 0.652. The van der Waals surface area contributed by atoms with Gasteiger partial charge in [0, 0.05) is 22.2 Å². The van der Waals surface area contributed by atoms with Crippen molar-refractivity contribution in [3.63, 3.8) is 0 Å². The Balaban J connectivity index is 1.70. The van der Waals surface area contributed by atoms with Crippen molar-refractivity contribution in [2.45, 2.75) is 18.6 Å². The summed E-state index contributed by atoms with van der Waals surface area (Å²) in [6.45, 7) is 2.44. The minimum absolute atomic E-state index is 0.0648. The van der Waals surface area contributed by atoms with Gasteiger partial charge in [-0.15, -0.1) is 0 Å². The van der Waals surface area contributed by atoms with Crippen molar-refractivity contribution in [2.75, 3.05) is 11.9 Å². The molecule has 0 saturated carbocycles. The van der Waals surface area contributed by atoms with Crippen molar-refractivity contribution >= 4 is 62.7 Å². The molecule has 1 N–H and O–H groups in total. The van der Waals surface area contributed by atoms with Gasteiger partial charge in [0.15, 0.2) is 5.17 Å². The molecule has 26 heavy (non-hydrogen) atoms. The van der Waals surface area contributed by atoms with Gasteiger partial charge in [-0.05, 0) is 65.9 Å². The number of thioether (sulfide) groups is 1. The molecule has 0 bridgehead atoms. The maximum absolute atomic E-state index is 12.6. The van der Waals surface area contributed by atoms with Gasteiger partial charge in [-0.25, -0.2) is 4.99 Å². The van der Waals surface area contributed by atoms with Crippen LogP contribution in [0.3, 0.4) is 0 Å². The molecule has 0 spiro atoms. The largest absolute Gasteiger partial charge is 0.326 e. The number of para-hydroxylation sites is 1. The second-order valence-electron chi connectivity index (χ2n) is 5.68. The van der Waals surface area contributed by atoms with Crippen LogP contribution in [-0.4, -0.2) is 33.7 Å². The summed E-state index contributed by atoms with van der Waals surface area (Å²) in [6.07, 6.45) is 0.126. The first-order valence-corrected chi connectivity index (χ1v) is 10.2. The lowest BCUT2D eigenvalue weighted by atomic mass is 10.2. The average Bonchev–Trinajstić information content (AvgIpc) is 2.92. The monoisotopic (exact) mass is 479 g/mol. The minimum Gasteiger partial charge on any atom is -0.326 e. The standard InChI is InChI=1S/C19H18IN3O2S/c1-2-23-18(25)16(12-17(24)21-14-6-4-3-5-7-14)26-19(23)22-15-10-8-13(20)9-11-15/h3-11,16H,2,12H2,1H3,(H,21,24)/t16-/m0/s1. The van der Waals surface area contributed by atoms with E-state index < -0.39 is 5.25 Å². The van der Waals surface area contributed by atoms with E-state index in [0.717, 1.165) is 14.9 Å². The molecule has 5 nitrogen and oxygen atoms in total. The number of benzene rings is 2. The SMILES string of the molecule is CCN1C(=O)[C@H](CC(=O)Nc2ccccc2)SC1=Nc1ccc(I)cc1. The molecule has 7 heteroatoms. The Kier molecular flexibility index (Phi) is 6.31. The molecule has 1 saturated heterocycles. The number of carbonyl (C=O) groups excluding carboxylic acids is 2. The van der Waals surface area contributed by atoms with Gasteiger partial charge >= 0.3 is 0 Å². The predicted octanol–water partition coefficient (Wildman–Crippen LogP) is 4.27. The van der Waals surface area contributed by atoms with Crippen LogP contribution in [0.1, 0.15) is 13.3 Å². The number of carbonyl (C=O) groups is 2. The molecule has 2 aromatic rings. The van der Waals surface area contributed by atoms with E-state index in [2.05, 4.69) is 32.9 Å². The molecule has 2 amide bonds. The fourth-order valence-electron chi connectivity index (χ4n) is 2.54. The van der Waals surface area contributed by atoms with Gasteiger partial charge in [0.25, 0.3) is 0 Å². The smallest absolute Gasteiger partial charge is 0.242 e. The van der Waals surface area contributed by atoms with E-state index >= 15 is 0 Å². The summed E-state index contributed by atoms with van der Waals surface area (Å²) in [7, 11) is 0. The molecule has 1 aliphatic rings. The summed E-state index contributed by atoms with van der Waals surface area (Å²) in [4.78, 5) is 31.1. The maximum Gasteiger partial charge on any atom is 0.242 e. The molecule has 2 aromatic carbocycles. The number of rotatable bonds is 5. The second-order valence-corrected chi connectivity index (χ2v) is 8.09. The first-order valence-electron chi connectivity index (χ1n) is 8.24. The molecule has 0 aliphatic carbocycles. The predicted molar refractivity (Wildman–Crippen MR) is 115 cm³/mol. The highest BCUT2D eigenvalue weighted by Gasteiger charge is 2.38. The summed E-state index contributed by atoms with van der Waals surface area (Å²) in [5, 5.41) is 3.04. The summed E-state index contributed by atoms with van der Waals surface area (Å²) in [5.74, 6) is -0.237. The molecule has 134 valence electrons. The molecule has 1 atom stereocenters. The van der Waals surface area contributed by atoms with Gasteiger partial charge in [0.2, 0.25) is 11.8 Å². The van der Waals surface area contributed by atoms with Gasteiger partial charge in [-0.2, -0.15) is 0 Å². The maximum atomic E-state index is 12.6. The zero-order valence-corrected chi connectivity index (χ0v) is 17.2. The van der Waals surface area contributed by atoms with Crippen molar-refractivity contribution in [3.05, 3.63) is 58.2 Å². The van der Waals surface area contributed by atoms with E-state index in [1.165, 1.54) is 11.8 Å². The third-order valence-corrected chi connectivity index (χ3v) is 5.71. The highest BCUT2D eigenvalue weighted by Crippen LogP contribution is 2.31. The first kappa shape index (κ1) is 18.9. The third kappa shape index (κ3) is 4.64. The van der Waals surface area contributed by atoms with Crippen LogP contribution in [0.4, 0.5) is 11.4 Å². The summed E-state index contributed by atoms with van der Waals surface area (Å²) < 4.78 is 1.13. The lowest BCUT2D eigenvalue weighted by Crippen LogP contribution is -2.33. The molecule has 0 radical (unpaired) electrons. The van der Waals surface area contributed by atoms with E-state index in [-0.39, 0.29) is 18.2 Å². The Hall–Kier alpha value is -1.87. The normalized spacial score (nSPS) is 18.4. The van der Waals surface area contributed by atoms with Crippen LogP contribution in [0.5, 0.6) is 0 Å². The molecule has 3 rings (SSSR count). The van der Waals surface area contributed by atoms with Gasteiger partial charge in [0.05, 0.1) is 5.69 Å². The molecular weight excluding hydrogens is 461 g/mol. The highest BCUT2D eigenvalue weighted by molar-refractivity contribution is 14.1. The molecule has 1 fully saturated rings. The number of amides is 2. The summed E-state index contributed by atoms with van der Waals surface area (Å²) >= 11 is 3.59. The van der Waals surface area contributed by atoms with Gasteiger partial charge < -0.3 is 5.32 Å². The number of hydrogen-bond donors (Lipinski definition) is 1. The number of nitrogens with one attached hydrogen (secondary N) is 1. The molecule has 1 aliphatic heterocycles. The van der Waals surface area contributed by atoms with Crippen LogP contribution in [0.2, 0.25) is 0 Å². The zero-order valence-electron chi connectivity index (χ0n) is 14.2. The van der Waals surface area contributed by atoms with Crippen LogP contribution in [0, 0.1) is 3.57 Å². The summed E-state index contributed by atoms with van der Waals surface area (Å²) in [5.41, 5.74) is 1.53. The Bertz CT molecular complexity index is 824. The van der Waals surface area contributed by atoms with Crippen molar-refractivity contribution in [3.8, 4) is 0 Å². The summed E-state index contributed by atoms with van der Waals surface area (Å²) in [6, 6.07) is 17.0. The molecule has 0 unspecified atom stereocenters. The van der Waals surface area contributed by atoms with Gasteiger partial charge in [-0.1, -0.05) is 30.0 Å². The molecule has 0 aromatic heterocycles. The van der Waals surface area contributed by atoms with E-state index in [1.807, 2.05) is 61.5 Å². The van der Waals surface area contributed by atoms with Gasteiger partial charge in [-0.3, -0.25) is 14.5 Å². The molecule has 1 heterocycles. The number of aliphatic imine (C=N–C) groups is 1. The van der Waals surface area contributed by atoms with Crippen molar-refractivity contribution < 1.29 is 9.59 Å². The number of halogens is 1. The van der Waals surface area contributed by atoms with Crippen LogP contribution < -0.4 is 5.32 Å². The number of anilines is 1. The van der Waals surface area contributed by atoms with Crippen molar-refractivity contribution in [2.24, 2.45) is 4.99 Å². The van der Waals surface area contributed by atoms with E-state index in [4.69, 9.17) is 0 Å². The highest BCUT2D eigenvalue weighted by atomic mass is 127. The zero-order chi connectivity index (χ0) is 18.5. The Morgan fingerprint density at radius 1 is 1.19 bits per heavy atom. The number of nitrogens with zero attached hydrogens (tertiary/aromatic N) is 2. The van der Waals surface area contributed by atoms with E-state index in [1.54, 1.807) is 4.90 Å². The Morgan fingerprint density at radius 2 is 1.88 bits per heavy atom. The van der Waals surface area contributed by atoms with Crippen LogP contribution in [0.25, 0.3) is 0 Å². The Labute approximate surface area is 170 Å². The topological polar surface area (TPSA) is 61.8 Å². The van der Waals surface area contributed by atoms with E-state index in [9.17, 15) is 9.59 Å². The minimum atomic E-state index is -0.443. The van der Waals surface area contributed by atoms with E-state index in [0.29, 0.717) is 11.7 Å². The van der Waals surface area contributed by atoms with Crippen LogP contribution in [-0.2, 0) is 9.59 Å². The van der Waals surface area contributed by atoms with Gasteiger partial charge in [0.1, 0.15) is 5.25 Å². The van der Waals surface area contributed by atoms with Crippen molar-refractivity contribution in [1.82, 2.24) is 4.90 Å². The fourth-order valence-corrected chi connectivity index (χ4v) is 4.13. The fraction of sp³-hybridized carbons (Fsp3) is 0.211. The lowest BCUT2D eigenvalue weighted by Gasteiger charge is -2.13. The lowest BCUT2D eigenvalue weighted by molar-refractivity contribution is -0.128. The van der Waals surface area contributed by atoms with Crippen LogP contribution >= 0.6 is 34.4 Å². The number of amidine groups is 1. The van der Waals surface area contributed by atoms with Crippen molar-refractivity contribution in [1.29, 1.82) is 0 Å². The third-order valence-electron chi connectivity index (χ3n) is 3.82. The first-order chi connectivity index (χ1) is 12.6. The average molecular weight is 479 g/mol.